The van der Waals surface area contributed by atoms with Crippen LogP contribution in [0.5, 0.6) is 0 Å². The molecular formula is C30H30Br2N2. The molecule has 4 aromatic rings. The van der Waals surface area contributed by atoms with Gasteiger partial charge in [0.05, 0.1) is 0 Å². The van der Waals surface area contributed by atoms with E-state index in [4.69, 9.17) is 0 Å². The van der Waals surface area contributed by atoms with Gasteiger partial charge in [-0.3, -0.25) is 0 Å². The normalized spacial score (nSPS) is 17.0. The van der Waals surface area contributed by atoms with Crippen LogP contribution in [0.3, 0.4) is 0 Å². The molecule has 0 N–H and O–H groups in total. The predicted molar refractivity (Wildman–Crippen MR) is 154 cm³/mol. The van der Waals surface area contributed by atoms with E-state index in [0.29, 0.717) is 0 Å². The van der Waals surface area contributed by atoms with Crippen molar-refractivity contribution < 1.29 is 0 Å². The van der Waals surface area contributed by atoms with Crippen LogP contribution in [0.15, 0.2) is 69.6 Å². The van der Waals surface area contributed by atoms with Crippen LogP contribution in [0.4, 0.5) is 11.4 Å². The van der Waals surface area contributed by atoms with E-state index >= 15 is 0 Å². The summed E-state index contributed by atoms with van der Waals surface area (Å²) in [5.74, 6) is 0. The molecule has 4 heteroatoms. The molecule has 2 heterocycles. The molecule has 0 aliphatic carbocycles. The molecule has 2 nitrogen and oxygen atoms in total. The van der Waals surface area contributed by atoms with Crippen LogP contribution < -0.4 is 9.80 Å². The van der Waals surface area contributed by atoms with E-state index in [1.54, 1.807) is 0 Å². The van der Waals surface area contributed by atoms with Crippen molar-refractivity contribution >= 4 is 64.8 Å². The minimum absolute atomic E-state index is 1.15. The van der Waals surface area contributed by atoms with Crippen molar-refractivity contribution in [1.29, 1.82) is 0 Å². The number of hydrogen-bond acceptors (Lipinski definition) is 2. The molecule has 34 heavy (non-hydrogen) atoms. The van der Waals surface area contributed by atoms with E-state index in [1.807, 2.05) is 0 Å². The Hall–Kier alpha value is -2.04. The molecule has 0 saturated carbocycles. The Labute approximate surface area is 219 Å². The van der Waals surface area contributed by atoms with Gasteiger partial charge in [0.2, 0.25) is 0 Å². The van der Waals surface area contributed by atoms with Crippen LogP contribution in [0, 0.1) is 0 Å². The zero-order valence-corrected chi connectivity index (χ0v) is 22.7. The average molecular weight is 578 g/mol. The highest BCUT2D eigenvalue weighted by molar-refractivity contribution is 9.11. The third-order valence-electron chi connectivity index (χ3n) is 7.62. The summed E-state index contributed by atoms with van der Waals surface area (Å²) in [5, 5.41) is 5.32. The number of hydrogen-bond donors (Lipinski definition) is 0. The molecule has 0 atom stereocenters. The maximum Gasteiger partial charge on any atom is 0.0446 e. The maximum atomic E-state index is 3.94. The molecule has 174 valence electrons. The lowest BCUT2D eigenvalue weighted by Gasteiger charge is -2.31. The van der Waals surface area contributed by atoms with Gasteiger partial charge in [-0.15, -0.1) is 0 Å². The average Bonchev–Trinajstić information content (AvgIpc) is 2.89. The number of fused-ring (bicyclic) bond motifs is 2. The first-order valence-corrected chi connectivity index (χ1v) is 14.2. The summed E-state index contributed by atoms with van der Waals surface area (Å²) in [6.45, 7) is 4.62. The number of halogens is 2. The van der Waals surface area contributed by atoms with Crippen molar-refractivity contribution in [3.63, 3.8) is 0 Å². The smallest absolute Gasteiger partial charge is 0.0446 e. The summed E-state index contributed by atoms with van der Waals surface area (Å²) < 4.78 is 2.29. The fourth-order valence-electron chi connectivity index (χ4n) is 5.96. The maximum absolute atomic E-state index is 3.94. The van der Waals surface area contributed by atoms with Crippen LogP contribution in [0.2, 0.25) is 0 Å². The van der Waals surface area contributed by atoms with Gasteiger partial charge in [0.15, 0.2) is 0 Å². The summed E-state index contributed by atoms with van der Waals surface area (Å²) in [5.41, 5.74) is 5.31. The standard InChI is InChI=1S/C30H30Br2N2/c31-25-15-13-21-23(9-7-11-27(21)33-17-3-1-4-18-33)29(25)30-24-10-8-12-28(22(24)14-16-26(30)32)34-19-5-2-6-20-34/h7-16H,1-6,17-20H2. The molecule has 2 aliphatic rings. The number of piperidine rings is 2. The second-order valence-corrected chi connectivity index (χ2v) is 11.4. The SMILES string of the molecule is Brc1ccc2c(N3CCCCC3)cccc2c1-c1c(Br)ccc2c(N3CCCCC3)cccc12. The summed E-state index contributed by atoms with van der Waals surface area (Å²) in [6.07, 6.45) is 7.84. The molecule has 0 unspecified atom stereocenters. The lowest BCUT2D eigenvalue weighted by atomic mass is 9.92. The minimum Gasteiger partial charge on any atom is -0.371 e. The Kier molecular flexibility index (Phi) is 6.30. The topological polar surface area (TPSA) is 6.48 Å². The lowest BCUT2D eigenvalue weighted by molar-refractivity contribution is 0.579. The molecule has 2 fully saturated rings. The first-order chi connectivity index (χ1) is 16.7. The summed E-state index contributed by atoms with van der Waals surface area (Å²) in [6, 6.07) is 22.7. The van der Waals surface area contributed by atoms with Crippen LogP contribution in [0.1, 0.15) is 38.5 Å². The Morgan fingerprint density at radius 1 is 0.441 bits per heavy atom. The quantitative estimate of drug-likeness (QED) is 0.239. The Morgan fingerprint density at radius 2 is 0.853 bits per heavy atom. The third-order valence-corrected chi connectivity index (χ3v) is 8.94. The Morgan fingerprint density at radius 3 is 1.26 bits per heavy atom. The summed E-state index contributed by atoms with van der Waals surface area (Å²) in [4.78, 5) is 5.16. The van der Waals surface area contributed by atoms with Crippen LogP contribution in [-0.2, 0) is 0 Å². The third kappa shape index (κ3) is 3.93. The van der Waals surface area contributed by atoms with Gasteiger partial charge < -0.3 is 9.80 Å². The number of benzene rings is 4. The summed E-state index contributed by atoms with van der Waals surface area (Å²) in [7, 11) is 0. The molecule has 0 amide bonds. The number of rotatable bonds is 3. The van der Waals surface area contributed by atoms with E-state index in [1.165, 1.54) is 82.6 Å². The minimum atomic E-state index is 1.15. The van der Waals surface area contributed by atoms with Crippen LogP contribution in [-0.4, -0.2) is 26.2 Å². The van der Waals surface area contributed by atoms with Crippen LogP contribution in [0.25, 0.3) is 32.7 Å². The first-order valence-electron chi connectivity index (χ1n) is 12.6. The van der Waals surface area contributed by atoms with Crippen LogP contribution >= 0.6 is 31.9 Å². The molecule has 2 aliphatic heterocycles. The van der Waals surface area contributed by atoms with Gasteiger partial charge in [0.25, 0.3) is 0 Å². The van der Waals surface area contributed by atoms with Gasteiger partial charge in [-0.25, -0.2) is 0 Å². The highest BCUT2D eigenvalue weighted by Crippen LogP contribution is 2.46. The largest absolute Gasteiger partial charge is 0.371 e. The second-order valence-electron chi connectivity index (χ2n) is 9.68. The second kappa shape index (κ2) is 9.54. The molecular weight excluding hydrogens is 548 g/mol. The molecule has 4 aromatic carbocycles. The fourth-order valence-corrected chi connectivity index (χ4v) is 7.05. The van der Waals surface area contributed by atoms with Crippen molar-refractivity contribution in [2.24, 2.45) is 0 Å². The predicted octanol–water partition coefficient (Wildman–Crippen LogP) is 9.17. The van der Waals surface area contributed by atoms with E-state index < -0.39 is 0 Å². The van der Waals surface area contributed by atoms with Crippen molar-refractivity contribution in [1.82, 2.24) is 0 Å². The van der Waals surface area contributed by atoms with E-state index in [9.17, 15) is 0 Å². The van der Waals surface area contributed by atoms with Gasteiger partial charge >= 0.3 is 0 Å². The molecule has 0 bridgehead atoms. The Bertz CT molecular complexity index is 1250. The van der Waals surface area contributed by atoms with Crippen molar-refractivity contribution in [2.75, 3.05) is 36.0 Å². The van der Waals surface area contributed by atoms with Crippen molar-refractivity contribution in [2.45, 2.75) is 38.5 Å². The number of nitrogens with zero attached hydrogens (tertiary/aromatic N) is 2. The van der Waals surface area contributed by atoms with Gasteiger partial charge in [-0.05, 0) is 73.6 Å². The van der Waals surface area contributed by atoms with Crippen molar-refractivity contribution in [3.8, 4) is 11.1 Å². The molecule has 2 saturated heterocycles. The fraction of sp³-hybridized carbons (Fsp3) is 0.333. The highest BCUT2D eigenvalue weighted by atomic mass is 79.9. The molecule has 6 rings (SSSR count). The molecule has 0 radical (unpaired) electrons. The van der Waals surface area contributed by atoms with Gasteiger partial charge in [0.1, 0.15) is 0 Å². The molecule has 0 spiro atoms. The van der Waals surface area contributed by atoms with E-state index in [0.717, 1.165) is 35.1 Å². The van der Waals surface area contributed by atoms with Gasteiger partial charge in [0, 0.05) is 68.4 Å². The highest BCUT2D eigenvalue weighted by Gasteiger charge is 2.21. The molecule has 0 aromatic heterocycles. The summed E-state index contributed by atoms with van der Waals surface area (Å²) >= 11 is 7.89. The van der Waals surface area contributed by atoms with Crippen molar-refractivity contribution in [3.05, 3.63) is 69.6 Å². The zero-order valence-electron chi connectivity index (χ0n) is 19.5. The lowest BCUT2D eigenvalue weighted by Crippen LogP contribution is -2.29. The monoisotopic (exact) mass is 576 g/mol. The van der Waals surface area contributed by atoms with Gasteiger partial charge in [-0.1, -0.05) is 68.3 Å². The van der Waals surface area contributed by atoms with Gasteiger partial charge in [-0.2, -0.15) is 0 Å². The first kappa shape index (κ1) is 22.4. The number of anilines is 2. The Balaban J connectivity index is 1.58. The van der Waals surface area contributed by atoms with E-state index in [-0.39, 0.29) is 0 Å². The van der Waals surface area contributed by atoms with E-state index in [2.05, 4.69) is 102 Å². The zero-order chi connectivity index (χ0) is 23.1.